The van der Waals surface area contributed by atoms with E-state index in [1.54, 1.807) is 4.90 Å². The highest BCUT2D eigenvalue weighted by Gasteiger charge is 2.19. The summed E-state index contributed by atoms with van der Waals surface area (Å²) in [5.41, 5.74) is 0. The van der Waals surface area contributed by atoms with Gasteiger partial charge in [-0.2, -0.15) is 0 Å². The number of carbonyl (C=O) groups is 2. The van der Waals surface area contributed by atoms with E-state index in [-0.39, 0.29) is 35.7 Å². The maximum atomic E-state index is 11.7. The first kappa shape index (κ1) is 17.9. The molecule has 2 amide bonds. The van der Waals surface area contributed by atoms with Crippen molar-refractivity contribution in [3.63, 3.8) is 0 Å². The van der Waals surface area contributed by atoms with E-state index >= 15 is 0 Å². The summed E-state index contributed by atoms with van der Waals surface area (Å²) in [5.74, 6) is 0.0474. The van der Waals surface area contributed by atoms with E-state index in [1.807, 2.05) is 13.8 Å². The van der Waals surface area contributed by atoms with Crippen LogP contribution in [0.4, 0.5) is 0 Å². The summed E-state index contributed by atoms with van der Waals surface area (Å²) < 4.78 is 23.3. The molecule has 1 aliphatic heterocycles. The zero-order valence-electron chi connectivity index (χ0n) is 12.9. The third-order valence-electron chi connectivity index (χ3n) is 3.33. The predicted octanol–water partition coefficient (Wildman–Crippen LogP) is 0.576. The van der Waals surface area contributed by atoms with Gasteiger partial charge in [-0.15, -0.1) is 0 Å². The lowest BCUT2D eigenvalue weighted by Gasteiger charge is -2.15. The Morgan fingerprint density at radius 1 is 1.38 bits per heavy atom. The summed E-state index contributed by atoms with van der Waals surface area (Å²) in [6, 6.07) is 0. The molecule has 1 saturated heterocycles. The van der Waals surface area contributed by atoms with Gasteiger partial charge in [-0.05, 0) is 18.8 Å². The van der Waals surface area contributed by atoms with Crippen molar-refractivity contribution in [1.82, 2.24) is 10.2 Å². The number of rotatable bonds is 9. The van der Waals surface area contributed by atoms with Crippen molar-refractivity contribution in [3.8, 4) is 0 Å². The molecule has 0 aromatic carbocycles. The Morgan fingerprint density at radius 3 is 2.67 bits per heavy atom. The van der Waals surface area contributed by atoms with Gasteiger partial charge in [0.2, 0.25) is 11.8 Å². The number of likely N-dealkylation sites (tertiary alicyclic amines) is 1. The van der Waals surface area contributed by atoms with Gasteiger partial charge in [-0.25, -0.2) is 8.42 Å². The average molecular weight is 318 g/mol. The zero-order chi connectivity index (χ0) is 15.9. The van der Waals surface area contributed by atoms with Crippen LogP contribution in [-0.2, 0) is 19.4 Å². The van der Waals surface area contributed by atoms with Gasteiger partial charge in [0.15, 0.2) is 9.84 Å². The summed E-state index contributed by atoms with van der Waals surface area (Å²) in [5, 5.41) is 2.71. The number of carbonyl (C=O) groups excluding carboxylic acids is 2. The number of hydrogen-bond donors (Lipinski definition) is 1. The van der Waals surface area contributed by atoms with Crippen LogP contribution < -0.4 is 5.32 Å². The maximum Gasteiger partial charge on any atom is 0.222 e. The molecule has 0 saturated carbocycles. The van der Waals surface area contributed by atoms with Crippen molar-refractivity contribution in [2.45, 2.75) is 39.5 Å². The summed E-state index contributed by atoms with van der Waals surface area (Å²) in [6.45, 7) is 5.63. The minimum absolute atomic E-state index is 0.0116. The fourth-order valence-corrected chi connectivity index (χ4v) is 4.04. The molecule has 0 aromatic heterocycles. The Balaban J connectivity index is 2.12. The fourth-order valence-electron chi connectivity index (χ4n) is 2.37. The molecule has 0 radical (unpaired) electrons. The summed E-state index contributed by atoms with van der Waals surface area (Å²) in [6.07, 6.45) is 2.26. The first-order valence-electron chi connectivity index (χ1n) is 7.55. The van der Waals surface area contributed by atoms with E-state index in [0.717, 1.165) is 13.0 Å². The minimum Gasteiger partial charge on any atom is -0.356 e. The van der Waals surface area contributed by atoms with Gasteiger partial charge in [-0.1, -0.05) is 13.8 Å². The second-order valence-electron chi connectivity index (χ2n) is 5.95. The molecule has 6 nitrogen and oxygen atoms in total. The SMILES string of the molecule is CC(C)CS(=O)(=O)CCC(=O)NCCCN1CCCC1=O. The number of sulfone groups is 1. The van der Waals surface area contributed by atoms with Crippen molar-refractivity contribution < 1.29 is 18.0 Å². The summed E-state index contributed by atoms with van der Waals surface area (Å²) >= 11 is 0. The van der Waals surface area contributed by atoms with Crippen molar-refractivity contribution in [1.29, 1.82) is 0 Å². The third kappa shape index (κ3) is 7.45. The highest BCUT2D eigenvalue weighted by molar-refractivity contribution is 7.91. The van der Waals surface area contributed by atoms with E-state index in [1.165, 1.54) is 0 Å². The molecule has 1 N–H and O–H groups in total. The van der Waals surface area contributed by atoms with Crippen LogP contribution in [0.25, 0.3) is 0 Å². The second-order valence-corrected chi connectivity index (χ2v) is 8.17. The largest absolute Gasteiger partial charge is 0.356 e. The van der Waals surface area contributed by atoms with Crippen LogP contribution in [0.15, 0.2) is 0 Å². The van der Waals surface area contributed by atoms with Gasteiger partial charge in [0.1, 0.15) is 0 Å². The highest BCUT2D eigenvalue weighted by Crippen LogP contribution is 2.09. The van der Waals surface area contributed by atoms with Crippen LogP contribution in [0.2, 0.25) is 0 Å². The van der Waals surface area contributed by atoms with Gasteiger partial charge in [-0.3, -0.25) is 9.59 Å². The normalized spacial score (nSPS) is 15.8. The second kappa shape index (κ2) is 8.36. The Labute approximate surface area is 127 Å². The van der Waals surface area contributed by atoms with E-state index in [2.05, 4.69) is 5.32 Å². The van der Waals surface area contributed by atoms with Gasteiger partial charge >= 0.3 is 0 Å². The maximum absolute atomic E-state index is 11.7. The Kier molecular flexibility index (Phi) is 7.14. The lowest BCUT2D eigenvalue weighted by Crippen LogP contribution is -2.31. The predicted molar refractivity (Wildman–Crippen MR) is 81.5 cm³/mol. The molecule has 0 aromatic rings. The van der Waals surface area contributed by atoms with Crippen LogP contribution >= 0.6 is 0 Å². The molecule has 0 spiro atoms. The van der Waals surface area contributed by atoms with Gasteiger partial charge in [0, 0.05) is 32.5 Å². The molecule has 0 bridgehead atoms. The third-order valence-corrected chi connectivity index (χ3v) is 5.33. The Hall–Kier alpha value is -1.11. The zero-order valence-corrected chi connectivity index (χ0v) is 13.7. The minimum atomic E-state index is -3.14. The van der Waals surface area contributed by atoms with Crippen LogP contribution in [0, 0.1) is 5.92 Å². The molecule has 21 heavy (non-hydrogen) atoms. The van der Waals surface area contributed by atoms with Crippen LogP contribution in [0.3, 0.4) is 0 Å². The lowest BCUT2D eigenvalue weighted by atomic mass is 10.3. The monoisotopic (exact) mass is 318 g/mol. The standard InChI is InChI=1S/C14H26N2O4S/c1-12(2)11-21(19,20)10-6-13(17)15-7-4-9-16-8-3-5-14(16)18/h12H,3-11H2,1-2H3,(H,15,17). The first-order valence-corrected chi connectivity index (χ1v) is 9.37. The van der Waals surface area contributed by atoms with Crippen LogP contribution in [-0.4, -0.2) is 56.3 Å². The van der Waals surface area contributed by atoms with Gasteiger partial charge in [0.05, 0.1) is 11.5 Å². The number of nitrogens with one attached hydrogen (secondary N) is 1. The van der Waals surface area contributed by atoms with Gasteiger partial charge < -0.3 is 10.2 Å². The lowest BCUT2D eigenvalue weighted by molar-refractivity contribution is -0.127. The molecular formula is C14H26N2O4S. The molecule has 0 unspecified atom stereocenters. The molecule has 1 aliphatic rings. The molecule has 0 atom stereocenters. The molecule has 1 fully saturated rings. The summed E-state index contributed by atoms with van der Waals surface area (Å²) in [4.78, 5) is 24.8. The van der Waals surface area contributed by atoms with Crippen molar-refractivity contribution in [3.05, 3.63) is 0 Å². The topological polar surface area (TPSA) is 83.6 Å². The van der Waals surface area contributed by atoms with Crippen molar-refractivity contribution in [2.24, 2.45) is 5.92 Å². The number of nitrogens with zero attached hydrogens (tertiary/aromatic N) is 1. The molecule has 1 heterocycles. The van der Waals surface area contributed by atoms with Crippen molar-refractivity contribution >= 4 is 21.7 Å². The van der Waals surface area contributed by atoms with Crippen LogP contribution in [0.5, 0.6) is 0 Å². The Morgan fingerprint density at radius 2 is 2.10 bits per heavy atom. The molecule has 7 heteroatoms. The van der Waals surface area contributed by atoms with Gasteiger partial charge in [0.25, 0.3) is 0 Å². The summed E-state index contributed by atoms with van der Waals surface area (Å²) in [7, 11) is -3.14. The average Bonchev–Trinajstić information content (AvgIpc) is 2.76. The molecule has 122 valence electrons. The number of amides is 2. The Bertz CT molecular complexity index is 460. The highest BCUT2D eigenvalue weighted by atomic mass is 32.2. The molecule has 0 aliphatic carbocycles. The first-order chi connectivity index (χ1) is 9.80. The molecule has 1 rings (SSSR count). The van der Waals surface area contributed by atoms with Crippen LogP contribution in [0.1, 0.15) is 39.5 Å². The number of hydrogen-bond acceptors (Lipinski definition) is 4. The molecular weight excluding hydrogens is 292 g/mol. The quantitative estimate of drug-likeness (QED) is 0.630. The van der Waals surface area contributed by atoms with E-state index in [0.29, 0.717) is 25.9 Å². The van der Waals surface area contributed by atoms with E-state index in [4.69, 9.17) is 0 Å². The van der Waals surface area contributed by atoms with E-state index < -0.39 is 9.84 Å². The fraction of sp³-hybridized carbons (Fsp3) is 0.857. The van der Waals surface area contributed by atoms with E-state index in [9.17, 15) is 18.0 Å². The smallest absolute Gasteiger partial charge is 0.222 e. The van der Waals surface area contributed by atoms with Crippen molar-refractivity contribution in [2.75, 3.05) is 31.1 Å².